The van der Waals surface area contributed by atoms with Crippen LogP contribution < -0.4 is 5.43 Å². The molecule has 1 aromatic carbocycles. The summed E-state index contributed by atoms with van der Waals surface area (Å²) in [5.41, 5.74) is 1.91. The average molecular weight is 226 g/mol. The lowest BCUT2D eigenvalue weighted by Crippen LogP contribution is -2.02. The normalized spacial score (nSPS) is 15.9. The van der Waals surface area contributed by atoms with E-state index in [4.69, 9.17) is 4.42 Å². The summed E-state index contributed by atoms with van der Waals surface area (Å²) in [4.78, 5) is 12.0. The van der Waals surface area contributed by atoms with Crippen LogP contribution in [0.4, 0.5) is 0 Å². The van der Waals surface area contributed by atoms with Gasteiger partial charge < -0.3 is 4.42 Å². The zero-order valence-corrected chi connectivity index (χ0v) is 9.61. The fourth-order valence-corrected chi connectivity index (χ4v) is 2.32. The molecule has 0 saturated carbocycles. The zero-order chi connectivity index (χ0) is 11.7. The van der Waals surface area contributed by atoms with Crippen LogP contribution in [-0.4, -0.2) is 0 Å². The van der Waals surface area contributed by atoms with Crippen molar-refractivity contribution in [2.24, 2.45) is 0 Å². The minimum absolute atomic E-state index is 0.0494. The van der Waals surface area contributed by atoms with Crippen molar-refractivity contribution in [2.45, 2.75) is 25.7 Å². The summed E-state index contributed by atoms with van der Waals surface area (Å²) in [6.07, 6.45) is 6.72. The van der Waals surface area contributed by atoms with Crippen molar-refractivity contribution in [3.8, 4) is 0 Å². The number of benzene rings is 1. The van der Waals surface area contributed by atoms with E-state index in [9.17, 15) is 4.79 Å². The Morgan fingerprint density at radius 2 is 2.00 bits per heavy atom. The van der Waals surface area contributed by atoms with Crippen molar-refractivity contribution in [3.63, 3.8) is 0 Å². The lowest BCUT2D eigenvalue weighted by Gasteiger charge is -2.11. The predicted molar refractivity (Wildman–Crippen MR) is 68.9 cm³/mol. The van der Waals surface area contributed by atoms with Crippen molar-refractivity contribution in [1.29, 1.82) is 0 Å². The Balaban J connectivity index is 2.18. The topological polar surface area (TPSA) is 30.2 Å². The van der Waals surface area contributed by atoms with E-state index in [0.717, 1.165) is 18.6 Å². The van der Waals surface area contributed by atoms with Crippen LogP contribution in [0.15, 0.2) is 45.6 Å². The quantitative estimate of drug-likeness (QED) is 0.741. The van der Waals surface area contributed by atoms with Crippen LogP contribution in [0.2, 0.25) is 0 Å². The van der Waals surface area contributed by atoms with E-state index in [-0.39, 0.29) is 5.43 Å². The highest BCUT2D eigenvalue weighted by molar-refractivity contribution is 5.78. The SMILES string of the molecule is O=c1cc(C2=CCCCC2)oc2ccccc12. The van der Waals surface area contributed by atoms with Crippen molar-refractivity contribution in [3.05, 3.63) is 52.4 Å². The van der Waals surface area contributed by atoms with Gasteiger partial charge >= 0.3 is 0 Å². The summed E-state index contributed by atoms with van der Waals surface area (Å²) in [6.45, 7) is 0. The van der Waals surface area contributed by atoms with Crippen molar-refractivity contribution >= 4 is 16.5 Å². The molecule has 0 atom stereocenters. The number of rotatable bonds is 1. The molecule has 3 rings (SSSR count). The van der Waals surface area contributed by atoms with Crippen LogP contribution in [-0.2, 0) is 0 Å². The molecule has 1 aliphatic rings. The molecule has 0 N–H and O–H groups in total. The molecule has 0 unspecified atom stereocenters. The molecule has 0 saturated heterocycles. The highest BCUT2D eigenvalue weighted by atomic mass is 16.3. The molecule has 1 aliphatic carbocycles. The molecule has 86 valence electrons. The van der Waals surface area contributed by atoms with Gasteiger partial charge in [0, 0.05) is 6.07 Å². The average Bonchev–Trinajstić information content (AvgIpc) is 2.40. The lowest BCUT2D eigenvalue weighted by atomic mass is 9.97. The molecule has 2 aromatic rings. The van der Waals surface area contributed by atoms with Crippen LogP contribution in [0.25, 0.3) is 16.5 Å². The molecule has 1 heterocycles. The standard InChI is InChI=1S/C15H14O2/c16-13-10-15(11-6-2-1-3-7-11)17-14-9-5-4-8-12(13)14/h4-6,8-10H,1-3,7H2. The van der Waals surface area contributed by atoms with E-state index >= 15 is 0 Å². The van der Waals surface area contributed by atoms with Gasteiger partial charge in [-0.15, -0.1) is 0 Å². The third-order valence-electron chi connectivity index (χ3n) is 3.24. The Hall–Kier alpha value is -1.83. The van der Waals surface area contributed by atoms with Gasteiger partial charge in [0.05, 0.1) is 5.39 Å². The second-order valence-corrected chi connectivity index (χ2v) is 4.45. The molecule has 0 aliphatic heterocycles. The molecule has 2 nitrogen and oxygen atoms in total. The molecular weight excluding hydrogens is 212 g/mol. The van der Waals surface area contributed by atoms with Gasteiger partial charge in [0.15, 0.2) is 5.43 Å². The second-order valence-electron chi connectivity index (χ2n) is 4.45. The third-order valence-corrected chi connectivity index (χ3v) is 3.24. The minimum Gasteiger partial charge on any atom is -0.456 e. The van der Waals surface area contributed by atoms with Gasteiger partial charge in [0.25, 0.3) is 0 Å². The maximum absolute atomic E-state index is 12.0. The van der Waals surface area contributed by atoms with Gasteiger partial charge in [-0.2, -0.15) is 0 Å². The van der Waals surface area contributed by atoms with Gasteiger partial charge in [-0.05, 0) is 43.4 Å². The maximum atomic E-state index is 12.0. The first kappa shape index (κ1) is 10.3. The van der Waals surface area contributed by atoms with E-state index in [1.54, 1.807) is 12.1 Å². The minimum atomic E-state index is 0.0494. The molecule has 2 heteroatoms. The number of hydrogen-bond acceptors (Lipinski definition) is 2. The second kappa shape index (κ2) is 4.21. The fraction of sp³-hybridized carbons (Fsp3) is 0.267. The van der Waals surface area contributed by atoms with E-state index < -0.39 is 0 Å². The molecule has 17 heavy (non-hydrogen) atoms. The number of hydrogen-bond donors (Lipinski definition) is 0. The van der Waals surface area contributed by atoms with Gasteiger partial charge in [-0.3, -0.25) is 4.79 Å². The van der Waals surface area contributed by atoms with Gasteiger partial charge in [-0.25, -0.2) is 0 Å². The van der Waals surface area contributed by atoms with E-state index in [0.29, 0.717) is 11.0 Å². The smallest absolute Gasteiger partial charge is 0.193 e. The number of para-hydroxylation sites is 1. The van der Waals surface area contributed by atoms with Crippen molar-refractivity contribution < 1.29 is 4.42 Å². The van der Waals surface area contributed by atoms with Crippen LogP contribution in [0.1, 0.15) is 31.4 Å². The Morgan fingerprint density at radius 3 is 2.82 bits per heavy atom. The van der Waals surface area contributed by atoms with Gasteiger partial charge in [-0.1, -0.05) is 18.2 Å². The first-order valence-corrected chi connectivity index (χ1v) is 6.07. The molecule has 0 amide bonds. The van der Waals surface area contributed by atoms with E-state index in [1.807, 2.05) is 18.2 Å². The molecule has 0 bridgehead atoms. The monoisotopic (exact) mass is 226 g/mol. The summed E-state index contributed by atoms with van der Waals surface area (Å²) in [7, 11) is 0. The first-order chi connectivity index (χ1) is 8.34. The Morgan fingerprint density at radius 1 is 1.12 bits per heavy atom. The van der Waals surface area contributed by atoms with Crippen LogP contribution in [0.5, 0.6) is 0 Å². The molecule has 0 radical (unpaired) electrons. The lowest BCUT2D eigenvalue weighted by molar-refractivity contribution is 0.576. The molecular formula is C15H14O2. The van der Waals surface area contributed by atoms with Crippen molar-refractivity contribution in [1.82, 2.24) is 0 Å². The number of fused-ring (bicyclic) bond motifs is 1. The Kier molecular flexibility index (Phi) is 2.56. The molecule has 0 fully saturated rings. The maximum Gasteiger partial charge on any atom is 0.193 e. The summed E-state index contributed by atoms with van der Waals surface area (Å²) >= 11 is 0. The summed E-state index contributed by atoms with van der Waals surface area (Å²) in [6, 6.07) is 9.03. The fourth-order valence-electron chi connectivity index (χ4n) is 2.32. The number of allylic oxidation sites excluding steroid dienone is 2. The predicted octanol–water partition coefficient (Wildman–Crippen LogP) is 3.75. The zero-order valence-electron chi connectivity index (χ0n) is 9.61. The summed E-state index contributed by atoms with van der Waals surface area (Å²) < 4.78 is 5.81. The molecule has 1 aromatic heterocycles. The highest BCUT2D eigenvalue weighted by Crippen LogP contribution is 2.27. The third kappa shape index (κ3) is 1.91. The largest absolute Gasteiger partial charge is 0.456 e. The van der Waals surface area contributed by atoms with E-state index in [2.05, 4.69) is 6.08 Å². The van der Waals surface area contributed by atoms with Gasteiger partial charge in [0.2, 0.25) is 0 Å². The van der Waals surface area contributed by atoms with Crippen LogP contribution >= 0.6 is 0 Å². The summed E-state index contributed by atoms with van der Waals surface area (Å²) in [5.74, 6) is 0.744. The van der Waals surface area contributed by atoms with Crippen molar-refractivity contribution in [2.75, 3.05) is 0 Å². The van der Waals surface area contributed by atoms with Crippen LogP contribution in [0, 0.1) is 0 Å². The Labute approximate surface area is 99.6 Å². The van der Waals surface area contributed by atoms with Crippen LogP contribution in [0.3, 0.4) is 0 Å². The summed E-state index contributed by atoms with van der Waals surface area (Å²) in [5, 5.41) is 0.660. The van der Waals surface area contributed by atoms with E-state index in [1.165, 1.54) is 18.4 Å². The highest BCUT2D eigenvalue weighted by Gasteiger charge is 2.11. The Bertz CT molecular complexity index is 635. The van der Waals surface area contributed by atoms with Gasteiger partial charge in [0.1, 0.15) is 11.3 Å². The first-order valence-electron chi connectivity index (χ1n) is 6.07. The molecule has 0 spiro atoms.